The summed E-state index contributed by atoms with van der Waals surface area (Å²) in [5.74, 6) is 0.785. The van der Waals surface area contributed by atoms with Gasteiger partial charge >= 0.3 is 5.97 Å². The SMILES string of the molecule is CCOC(=O)/C=C/c1cc2cc(C(C)C)ccc2o1. The zero-order valence-corrected chi connectivity index (χ0v) is 11.5. The van der Waals surface area contributed by atoms with Gasteiger partial charge in [-0.25, -0.2) is 4.79 Å². The molecule has 0 N–H and O–H groups in total. The van der Waals surface area contributed by atoms with Gasteiger partial charge in [-0.2, -0.15) is 0 Å². The first kappa shape index (κ1) is 13.4. The molecule has 1 aromatic heterocycles. The van der Waals surface area contributed by atoms with Crippen molar-refractivity contribution in [1.29, 1.82) is 0 Å². The average molecular weight is 258 g/mol. The maximum absolute atomic E-state index is 11.2. The minimum atomic E-state index is -0.356. The molecule has 2 aromatic rings. The Bertz CT molecular complexity index is 605. The van der Waals surface area contributed by atoms with Crippen LogP contribution in [0, 0.1) is 0 Å². The molecule has 100 valence electrons. The van der Waals surface area contributed by atoms with Crippen LogP contribution in [0.3, 0.4) is 0 Å². The van der Waals surface area contributed by atoms with E-state index in [1.165, 1.54) is 11.6 Å². The maximum Gasteiger partial charge on any atom is 0.330 e. The Morgan fingerprint density at radius 1 is 1.37 bits per heavy atom. The van der Waals surface area contributed by atoms with E-state index >= 15 is 0 Å². The van der Waals surface area contributed by atoms with E-state index in [0.717, 1.165) is 11.0 Å². The van der Waals surface area contributed by atoms with Crippen LogP contribution in [0.5, 0.6) is 0 Å². The van der Waals surface area contributed by atoms with E-state index in [1.807, 2.05) is 12.1 Å². The topological polar surface area (TPSA) is 39.4 Å². The number of benzene rings is 1. The summed E-state index contributed by atoms with van der Waals surface area (Å²) >= 11 is 0. The van der Waals surface area contributed by atoms with Gasteiger partial charge in [0, 0.05) is 11.5 Å². The minimum Gasteiger partial charge on any atom is -0.463 e. The molecule has 0 unspecified atom stereocenters. The molecule has 3 nitrogen and oxygen atoms in total. The number of ether oxygens (including phenoxy) is 1. The van der Waals surface area contributed by atoms with E-state index in [-0.39, 0.29) is 5.97 Å². The molecule has 0 radical (unpaired) electrons. The van der Waals surface area contributed by atoms with Gasteiger partial charge < -0.3 is 9.15 Å². The van der Waals surface area contributed by atoms with E-state index in [0.29, 0.717) is 18.3 Å². The van der Waals surface area contributed by atoms with Gasteiger partial charge in [0.2, 0.25) is 0 Å². The van der Waals surface area contributed by atoms with Crippen LogP contribution < -0.4 is 0 Å². The van der Waals surface area contributed by atoms with Crippen LogP contribution in [0.1, 0.15) is 38.0 Å². The van der Waals surface area contributed by atoms with Crippen LogP contribution in [0.2, 0.25) is 0 Å². The molecular formula is C16H18O3. The Balaban J connectivity index is 2.24. The highest BCUT2D eigenvalue weighted by Gasteiger charge is 2.05. The highest BCUT2D eigenvalue weighted by molar-refractivity contribution is 5.88. The lowest BCUT2D eigenvalue weighted by Crippen LogP contribution is -1.98. The number of esters is 1. The fourth-order valence-electron chi connectivity index (χ4n) is 1.86. The summed E-state index contributed by atoms with van der Waals surface area (Å²) < 4.78 is 10.5. The number of rotatable bonds is 4. The van der Waals surface area contributed by atoms with Crippen molar-refractivity contribution in [2.45, 2.75) is 26.7 Å². The fraction of sp³-hybridized carbons (Fsp3) is 0.312. The van der Waals surface area contributed by atoms with E-state index in [2.05, 4.69) is 26.0 Å². The number of carbonyl (C=O) groups excluding carboxylic acids is 1. The largest absolute Gasteiger partial charge is 0.463 e. The molecule has 0 fully saturated rings. The van der Waals surface area contributed by atoms with Crippen molar-refractivity contribution < 1.29 is 13.9 Å². The molecule has 0 aliphatic rings. The van der Waals surface area contributed by atoms with Gasteiger partial charge in [0.05, 0.1) is 6.61 Å². The molecule has 0 aliphatic heterocycles. The summed E-state index contributed by atoms with van der Waals surface area (Å²) in [5.41, 5.74) is 2.10. The van der Waals surface area contributed by atoms with Crippen LogP contribution in [0.25, 0.3) is 17.0 Å². The number of furan rings is 1. The summed E-state index contributed by atoms with van der Waals surface area (Å²) in [6, 6.07) is 8.07. The molecule has 0 bridgehead atoms. The predicted octanol–water partition coefficient (Wildman–Crippen LogP) is 4.13. The highest BCUT2D eigenvalue weighted by Crippen LogP contribution is 2.24. The molecule has 0 aliphatic carbocycles. The van der Waals surface area contributed by atoms with Crippen molar-refractivity contribution in [2.24, 2.45) is 0 Å². The lowest BCUT2D eigenvalue weighted by Gasteiger charge is -2.03. The smallest absolute Gasteiger partial charge is 0.330 e. The van der Waals surface area contributed by atoms with Crippen molar-refractivity contribution in [3.8, 4) is 0 Å². The number of fused-ring (bicyclic) bond motifs is 1. The summed E-state index contributed by atoms with van der Waals surface area (Å²) in [7, 11) is 0. The predicted molar refractivity (Wildman–Crippen MR) is 76.0 cm³/mol. The van der Waals surface area contributed by atoms with E-state index in [4.69, 9.17) is 9.15 Å². The van der Waals surface area contributed by atoms with Gasteiger partial charge in [0.25, 0.3) is 0 Å². The minimum absolute atomic E-state index is 0.356. The Hall–Kier alpha value is -2.03. The summed E-state index contributed by atoms with van der Waals surface area (Å²) in [4.78, 5) is 11.2. The lowest BCUT2D eigenvalue weighted by atomic mass is 10.0. The van der Waals surface area contributed by atoms with Crippen LogP contribution in [0.4, 0.5) is 0 Å². The number of hydrogen-bond donors (Lipinski definition) is 0. The molecule has 3 heteroatoms. The fourth-order valence-corrected chi connectivity index (χ4v) is 1.86. The zero-order chi connectivity index (χ0) is 13.8. The summed E-state index contributed by atoms with van der Waals surface area (Å²) in [5, 5.41) is 1.05. The Morgan fingerprint density at radius 2 is 2.16 bits per heavy atom. The van der Waals surface area contributed by atoms with Gasteiger partial charge in [-0.1, -0.05) is 19.9 Å². The Kier molecular flexibility index (Phi) is 4.05. The second kappa shape index (κ2) is 5.74. The lowest BCUT2D eigenvalue weighted by molar-refractivity contribution is -0.137. The van der Waals surface area contributed by atoms with E-state index in [1.54, 1.807) is 13.0 Å². The van der Waals surface area contributed by atoms with Gasteiger partial charge in [-0.3, -0.25) is 0 Å². The van der Waals surface area contributed by atoms with Crippen molar-refractivity contribution in [1.82, 2.24) is 0 Å². The Morgan fingerprint density at radius 3 is 2.84 bits per heavy atom. The second-order valence-corrected chi connectivity index (χ2v) is 4.69. The van der Waals surface area contributed by atoms with E-state index in [9.17, 15) is 4.79 Å². The molecule has 0 amide bonds. The second-order valence-electron chi connectivity index (χ2n) is 4.69. The summed E-state index contributed by atoms with van der Waals surface area (Å²) in [6.07, 6.45) is 3.01. The normalized spacial score (nSPS) is 11.6. The number of carbonyl (C=O) groups is 1. The first-order valence-electron chi connectivity index (χ1n) is 6.48. The first-order valence-corrected chi connectivity index (χ1v) is 6.48. The molecular weight excluding hydrogens is 240 g/mol. The maximum atomic E-state index is 11.2. The molecule has 1 aromatic carbocycles. The molecule has 0 atom stereocenters. The standard InChI is InChI=1S/C16H18O3/c1-4-18-16(17)8-6-14-10-13-9-12(11(2)3)5-7-15(13)19-14/h5-11H,4H2,1-3H3/b8-6+. The van der Waals surface area contributed by atoms with Crippen LogP contribution in [-0.4, -0.2) is 12.6 Å². The Labute approximate surface area is 112 Å². The van der Waals surface area contributed by atoms with Crippen LogP contribution in [0.15, 0.2) is 34.8 Å². The molecule has 0 saturated carbocycles. The average Bonchev–Trinajstić information content (AvgIpc) is 2.78. The van der Waals surface area contributed by atoms with Crippen molar-refractivity contribution in [2.75, 3.05) is 6.61 Å². The third kappa shape index (κ3) is 3.25. The van der Waals surface area contributed by atoms with E-state index < -0.39 is 0 Å². The van der Waals surface area contributed by atoms with Crippen molar-refractivity contribution >= 4 is 23.0 Å². The highest BCUT2D eigenvalue weighted by atomic mass is 16.5. The van der Waals surface area contributed by atoms with Crippen LogP contribution in [-0.2, 0) is 9.53 Å². The number of hydrogen-bond acceptors (Lipinski definition) is 3. The first-order chi connectivity index (χ1) is 9.10. The van der Waals surface area contributed by atoms with Gasteiger partial charge in [-0.05, 0) is 42.7 Å². The van der Waals surface area contributed by atoms with Gasteiger partial charge in [0.1, 0.15) is 11.3 Å². The monoisotopic (exact) mass is 258 g/mol. The van der Waals surface area contributed by atoms with Crippen LogP contribution >= 0.6 is 0 Å². The molecule has 0 saturated heterocycles. The molecule has 19 heavy (non-hydrogen) atoms. The van der Waals surface area contributed by atoms with Gasteiger partial charge in [0.15, 0.2) is 0 Å². The molecule has 2 rings (SSSR count). The zero-order valence-electron chi connectivity index (χ0n) is 11.5. The third-order valence-electron chi connectivity index (χ3n) is 2.90. The molecule has 0 spiro atoms. The quantitative estimate of drug-likeness (QED) is 0.611. The van der Waals surface area contributed by atoms with Crippen molar-refractivity contribution in [3.63, 3.8) is 0 Å². The third-order valence-corrected chi connectivity index (χ3v) is 2.90. The van der Waals surface area contributed by atoms with Crippen molar-refractivity contribution in [3.05, 3.63) is 41.7 Å². The summed E-state index contributed by atoms with van der Waals surface area (Å²) in [6.45, 7) is 6.47. The molecule has 1 heterocycles. The van der Waals surface area contributed by atoms with Gasteiger partial charge in [-0.15, -0.1) is 0 Å².